The summed E-state index contributed by atoms with van der Waals surface area (Å²) in [6, 6.07) is 0.309. The summed E-state index contributed by atoms with van der Waals surface area (Å²) < 4.78 is 5.51. The minimum absolute atomic E-state index is 0.0221. The second-order valence-electron chi connectivity index (χ2n) is 5.79. The van der Waals surface area contributed by atoms with Gasteiger partial charge in [-0.2, -0.15) is 15.0 Å². The summed E-state index contributed by atoms with van der Waals surface area (Å²) in [7, 11) is 0. The van der Waals surface area contributed by atoms with Crippen molar-refractivity contribution in [3.63, 3.8) is 0 Å². The zero-order valence-electron chi connectivity index (χ0n) is 12.1. The molecule has 2 unspecified atom stereocenters. The molecular formula is C13H23N5O. The fourth-order valence-corrected chi connectivity index (χ4v) is 2.59. The van der Waals surface area contributed by atoms with E-state index in [1.165, 1.54) is 6.42 Å². The summed E-state index contributed by atoms with van der Waals surface area (Å²) in [6.07, 6.45) is 1.26. The number of nitrogens with zero attached hydrogens (tertiary/aromatic N) is 4. The molecule has 6 nitrogen and oxygen atoms in total. The molecule has 2 N–H and O–H groups in total. The van der Waals surface area contributed by atoms with Gasteiger partial charge in [-0.1, -0.05) is 13.8 Å². The van der Waals surface area contributed by atoms with Gasteiger partial charge in [0, 0.05) is 13.1 Å². The molecule has 0 aliphatic carbocycles. The molecule has 1 aromatic rings. The lowest BCUT2D eigenvalue weighted by Crippen LogP contribution is -2.39. The summed E-state index contributed by atoms with van der Waals surface area (Å²) >= 11 is 0. The van der Waals surface area contributed by atoms with E-state index in [2.05, 4.69) is 33.7 Å². The number of hydrogen-bond donors (Lipinski definition) is 1. The average molecular weight is 265 g/mol. The quantitative estimate of drug-likeness (QED) is 0.896. The van der Waals surface area contributed by atoms with Gasteiger partial charge in [-0.05, 0) is 32.1 Å². The molecular weight excluding hydrogens is 242 g/mol. The van der Waals surface area contributed by atoms with Crippen molar-refractivity contribution >= 4 is 11.9 Å². The van der Waals surface area contributed by atoms with Crippen molar-refractivity contribution in [3.8, 4) is 6.01 Å². The first-order chi connectivity index (χ1) is 8.94. The van der Waals surface area contributed by atoms with Crippen LogP contribution in [0.4, 0.5) is 11.9 Å². The highest BCUT2D eigenvalue weighted by Crippen LogP contribution is 2.25. The van der Waals surface area contributed by atoms with Gasteiger partial charge < -0.3 is 15.4 Å². The molecule has 1 aliphatic rings. The van der Waals surface area contributed by atoms with Crippen LogP contribution in [-0.2, 0) is 0 Å². The monoisotopic (exact) mass is 265 g/mol. The van der Waals surface area contributed by atoms with Crippen LogP contribution < -0.4 is 15.4 Å². The first kappa shape index (κ1) is 13.8. The Hall–Kier alpha value is -1.59. The summed E-state index contributed by atoms with van der Waals surface area (Å²) in [5, 5.41) is 0. The highest BCUT2D eigenvalue weighted by molar-refractivity contribution is 5.36. The molecule has 0 amide bonds. The highest BCUT2D eigenvalue weighted by atomic mass is 16.5. The van der Waals surface area contributed by atoms with Gasteiger partial charge in [0.1, 0.15) is 0 Å². The SMILES string of the molecule is CC1CC(C)CN(c2nc(N)nc(OC(C)C)n2)C1. The van der Waals surface area contributed by atoms with E-state index in [-0.39, 0.29) is 12.1 Å². The van der Waals surface area contributed by atoms with Crippen molar-refractivity contribution < 1.29 is 4.74 Å². The molecule has 0 aromatic carbocycles. The van der Waals surface area contributed by atoms with E-state index in [9.17, 15) is 0 Å². The molecule has 0 spiro atoms. The largest absolute Gasteiger partial charge is 0.461 e. The molecule has 2 atom stereocenters. The smallest absolute Gasteiger partial charge is 0.323 e. The molecule has 1 saturated heterocycles. The Morgan fingerprint density at radius 1 is 1.16 bits per heavy atom. The Balaban J connectivity index is 2.21. The van der Waals surface area contributed by atoms with Gasteiger partial charge in [0.05, 0.1) is 6.10 Å². The lowest BCUT2D eigenvalue weighted by Gasteiger charge is -2.34. The Morgan fingerprint density at radius 3 is 2.37 bits per heavy atom. The molecule has 2 heterocycles. The first-order valence-electron chi connectivity index (χ1n) is 6.87. The second-order valence-corrected chi connectivity index (χ2v) is 5.79. The number of piperidine rings is 1. The fourth-order valence-electron chi connectivity index (χ4n) is 2.59. The van der Waals surface area contributed by atoms with Gasteiger partial charge in [0.25, 0.3) is 0 Å². The van der Waals surface area contributed by atoms with Crippen LogP contribution in [0.1, 0.15) is 34.1 Å². The number of nitrogen functional groups attached to an aromatic ring is 1. The third-order valence-electron chi connectivity index (χ3n) is 3.11. The first-order valence-corrected chi connectivity index (χ1v) is 6.87. The van der Waals surface area contributed by atoms with Crippen LogP contribution in [-0.4, -0.2) is 34.1 Å². The molecule has 0 bridgehead atoms. The lowest BCUT2D eigenvalue weighted by molar-refractivity contribution is 0.221. The number of hydrogen-bond acceptors (Lipinski definition) is 6. The van der Waals surface area contributed by atoms with Gasteiger partial charge in [-0.25, -0.2) is 0 Å². The van der Waals surface area contributed by atoms with Crippen LogP contribution >= 0.6 is 0 Å². The summed E-state index contributed by atoms with van der Waals surface area (Å²) in [6.45, 7) is 10.3. The summed E-state index contributed by atoms with van der Waals surface area (Å²) in [5.41, 5.74) is 5.74. The molecule has 106 valence electrons. The van der Waals surface area contributed by atoms with E-state index >= 15 is 0 Å². The fraction of sp³-hybridized carbons (Fsp3) is 0.769. The van der Waals surface area contributed by atoms with Crippen molar-refractivity contribution in [2.24, 2.45) is 11.8 Å². The third-order valence-corrected chi connectivity index (χ3v) is 3.11. The van der Waals surface area contributed by atoms with Crippen LogP contribution in [0.2, 0.25) is 0 Å². The number of nitrogens with two attached hydrogens (primary N) is 1. The van der Waals surface area contributed by atoms with E-state index in [1.54, 1.807) is 0 Å². The van der Waals surface area contributed by atoms with Gasteiger partial charge >= 0.3 is 6.01 Å². The zero-order chi connectivity index (χ0) is 14.0. The standard InChI is InChI=1S/C13H23N5O/c1-8(2)19-13-16-11(14)15-12(17-13)18-6-9(3)5-10(4)7-18/h8-10H,5-7H2,1-4H3,(H2,14,15,16,17). The van der Waals surface area contributed by atoms with Gasteiger partial charge in [-0.15, -0.1) is 0 Å². The Bertz CT molecular complexity index is 427. The zero-order valence-corrected chi connectivity index (χ0v) is 12.1. The van der Waals surface area contributed by atoms with E-state index in [4.69, 9.17) is 10.5 Å². The normalized spacial score (nSPS) is 23.7. The second kappa shape index (κ2) is 5.59. The maximum Gasteiger partial charge on any atom is 0.323 e. The van der Waals surface area contributed by atoms with Crippen LogP contribution in [0.15, 0.2) is 0 Å². The summed E-state index contributed by atoms with van der Waals surface area (Å²) in [4.78, 5) is 14.8. The number of rotatable bonds is 3. The van der Waals surface area contributed by atoms with Crippen LogP contribution in [0.3, 0.4) is 0 Å². The molecule has 0 radical (unpaired) electrons. The average Bonchev–Trinajstić information content (AvgIpc) is 2.25. The maximum atomic E-state index is 5.74. The number of ether oxygens (including phenoxy) is 1. The Labute approximate surface area is 114 Å². The van der Waals surface area contributed by atoms with Crippen molar-refractivity contribution in [1.82, 2.24) is 15.0 Å². The van der Waals surface area contributed by atoms with Gasteiger partial charge in [0.15, 0.2) is 0 Å². The van der Waals surface area contributed by atoms with E-state index < -0.39 is 0 Å². The van der Waals surface area contributed by atoms with Crippen LogP contribution in [0, 0.1) is 11.8 Å². The van der Waals surface area contributed by atoms with Crippen molar-refractivity contribution in [1.29, 1.82) is 0 Å². The Morgan fingerprint density at radius 2 is 1.79 bits per heavy atom. The molecule has 1 fully saturated rings. The van der Waals surface area contributed by atoms with Crippen molar-refractivity contribution in [2.75, 3.05) is 23.7 Å². The van der Waals surface area contributed by atoms with Crippen molar-refractivity contribution in [3.05, 3.63) is 0 Å². The van der Waals surface area contributed by atoms with Crippen LogP contribution in [0.25, 0.3) is 0 Å². The Kier molecular flexibility index (Phi) is 4.07. The molecule has 19 heavy (non-hydrogen) atoms. The predicted octanol–water partition coefficient (Wildman–Crippen LogP) is 1.72. The molecule has 0 saturated carbocycles. The van der Waals surface area contributed by atoms with Gasteiger partial charge in [0.2, 0.25) is 11.9 Å². The number of anilines is 2. The minimum Gasteiger partial charge on any atom is -0.461 e. The molecule has 1 aromatic heterocycles. The predicted molar refractivity (Wildman–Crippen MR) is 75.2 cm³/mol. The summed E-state index contributed by atoms with van der Waals surface area (Å²) in [5.74, 6) is 2.11. The maximum absolute atomic E-state index is 5.74. The van der Waals surface area contributed by atoms with E-state index in [1.807, 2.05) is 13.8 Å². The lowest BCUT2D eigenvalue weighted by atomic mass is 9.92. The molecule has 6 heteroatoms. The van der Waals surface area contributed by atoms with E-state index in [0.717, 1.165) is 13.1 Å². The topological polar surface area (TPSA) is 77.2 Å². The van der Waals surface area contributed by atoms with Crippen LogP contribution in [0.5, 0.6) is 6.01 Å². The minimum atomic E-state index is 0.0221. The highest BCUT2D eigenvalue weighted by Gasteiger charge is 2.24. The van der Waals surface area contributed by atoms with E-state index in [0.29, 0.717) is 23.8 Å². The molecule has 2 rings (SSSR count). The number of aromatic nitrogens is 3. The molecule has 1 aliphatic heterocycles. The third kappa shape index (κ3) is 3.68. The van der Waals surface area contributed by atoms with Gasteiger partial charge in [-0.3, -0.25) is 0 Å². The van der Waals surface area contributed by atoms with Crippen molar-refractivity contribution in [2.45, 2.75) is 40.2 Å².